The van der Waals surface area contributed by atoms with Crippen molar-refractivity contribution < 1.29 is 14.3 Å². The molecule has 0 aliphatic heterocycles. The lowest BCUT2D eigenvalue weighted by Crippen LogP contribution is -2.22. The highest BCUT2D eigenvalue weighted by Gasteiger charge is 2.16. The Morgan fingerprint density at radius 3 is 2.73 bits per heavy atom. The van der Waals surface area contributed by atoms with Crippen LogP contribution in [-0.4, -0.2) is 22.0 Å². The molecule has 0 amide bonds. The molecule has 30 heavy (non-hydrogen) atoms. The summed E-state index contributed by atoms with van der Waals surface area (Å²) in [6.45, 7) is 7.66. The molecule has 2 aromatic carbocycles. The van der Waals surface area contributed by atoms with E-state index in [0.29, 0.717) is 27.6 Å². The van der Waals surface area contributed by atoms with Crippen LogP contribution in [0.25, 0.3) is 22.1 Å². The molecule has 0 bridgehead atoms. The monoisotopic (exact) mass is 486 g/mol. The molecule has 0 saturated heterocycles. The van der Waals surface area contributed by atoms with Gasteiger partial charge in [0.25, 0.3) is 5.56 Å². The van der Waals surface area contributed by atoms with Gasteiger partial charge in [-0.25, -0.2) is 9.38 Å². The zero-order chi connectivity index (χ0) is 21.6. The van der Waals surface area contributed by atoms with Crippen molar-refractivity contribution in [1.29, 1.82) is 0 Å². The Bertz CT molecular complexity index is 1420. The van der Waals surface area contributed by atoms with Crippen LogP contribution in [0.2, 0.25) is 0 Å². The van der Waals surface area contributed by atoms with Gasteiger partial charge < -0.3 is 9.47 Å². The average molecular weight is 487 g/mol. The molecule has 0 fully saturated rings. The quantitative estimate of drug-likeness (QED) is 0.320. The number of aromatic nitrogens is 2. The Balaban J connectivity index is 1.87. The third-order valence-corrected chi connectivity index (χ3v) is 6.74. The Hall–Kier alpha value is -2.71. The summed E-state index contributed by atoms with van der Waals surface area (Å²) in [6.07, 6.45) is 1.80. The fourth-order valence-corrected chi connectivity index (χ4v) is 4.84. The molecule has 0 spiro atoms. The lowest BCUT2D eigenvalue weighted by atomic mass is 10.1. The second kappa shape index (κ2) is 7.85. The van der Waals surface area contributed by atoms with E-state index in [4.69, 9.17) is 9.47 Å². The number of nitrogens with zero attached hydrogens (tertiary/aromatic N) is 2. The van der Waals surface area contributed by atoms with Crippen LogP contribution in [0.1, 0.15) is 30.5 Å². The van der Waals surface area contributed by atoms with Gasteiger partial charge in [0.15, 0.2) is 16.5 Å². The number of carbonyl (C=O) groups is 1. The summed E-state index contributed by atoms with van der Waals surface area (Å²) in [5.74, 6) is 0.389. The minimum absolute atomic E-state index is 0.116. The fraction of sp³-hybridized carbons (Fsp3) is 0.227. The van der Waals surface area contributed by atoms with Crippen LogP contribution in [0.3, 0.4) is 0 Å². The Morgan fingerprint density at radius 1 is 1.27 bits per heavy atom. The number of hydrogen-bond donors (Lipinski definition) is 0. The first-order valence-electron chi connectivity index (χ1n) is 9.37. The van der Waals surface area contributed by atoms with Crippen LogP contribution in [0.4, 0.5) is 0 Å². The SMILES string of the molecule is CCOc1cc(/C=c2/sc3nc4c(Br)c(C)c(C)cc4n3c2=O)ccc1OC(C)=O. The van der Waals surface area contributed by atoms with E-state index >= 15 is 0 Å². The van der Waals surface area contributed by atoms with Crippen molar-refractivity contribution in [2.45, 2.75) is 27.7 Å². The van der Waals surface area contributed by atoms with Crippen molar-refractivity contribution in [2.75, 3.05) is 6.61 Å². The molecule has 4 rings (SSSR count). The third-order valence-electron chi connectivity index (χ3n) is 4.80. The molecule has 6 nitrogen and oxygen atoms in total. The summed E-state index contributed by atoms with van der Waals surface area (Å²) < 4.78 is 13.9. The van der Waals surface area contributed by atoms with E-state index in [0.717, 1.165) is 32.2 Å². The zero-order valence-corrected chi connectivity index (χ0v) is 19.3. The number of carbonyl (C=O) groups excluding carboxylic acids is 1. The second-order valence-electron chi connectivity index (χ2n) is 6.88. The summed E-state index contributed by atoms with van der Waals surface area (Å²) in [5, 5.41) is 0. The maximum absolute atomic E-state index is 13.1. The van der Waals surface area contributed by atoms with Crippen molar-refractivity contribution >= 4 is 55.3 Å². The minimum Gasteiger partial charge on any atom is -0.490 e. The molecule has 0 atom stereocenters. The number of fused-ring (bicyclic) bond motifs is 3. The average Bonchev–Trinajstić information content (AvgIpc) is 3.19. The predicted molar refractivity (Wildman–Crippen MR) is 122 cm³/mol. The van der Waals surface area contributed by atoms with Crippen molar-refractivity contribution in [3.8, 4) is 11.5 Å². The summed E-state index contributed by atoms with van der Waals surface area (Å²) in [6, 6.07) is 7.20. The van der Waals surface area contributed by atoms with Crippen molar-refractivity contribution in [3.63, 3.8) is 0 Å². The molecule has 0 aliphatic rings. The number of rotatable bonds is 4. The lowest BCUT2D eigenvalue weighted by Gasteiger charge is -2.10. The maximum Gasteiger partial charge on any atom is 0.308 e. The standard InChI is InChI=1S/C22H19BrN2O4S/c1-5-28-17-9-14(6-7-16(17)29-13(4)26)10-18-21(27)25-15-8-11(2)12(3)19(23)20(15)24-22(25)30-18/h6-10H,5H2,1-4H3/b18-10+. The number of aryl methyl sites for hydroxylation is 1. The topological polar surface area (TPSA) is 69.9 Å². The van der Waals surface area contributed by atoms with Gasteiger partial charge in [0.1, 0.15) is 5.52 Å². The zero-order valence-electron chi connectivity index (χ0n) is 16.9. The van der Waals surface area contributed by atoms with Crippen LogP contribution >= 0.6 is 27.3 Å². The molecule has 2 aromatic heterocycles. The summed E-state index contributed by atoms with van der Waals surface area (Å²) >= 11 is 4.94. The largest absolute Gasteiger partial charge is 0.490 e. The second-order valence-corrected chi connectivity index (χ2v) is 8.68. The highest BCUT2D eigenvalue weighted by molar-refractivity contribution is 9.10. The third kappa shape index (κ3) is 3.50. The number of ether oxygens (including phenoxy) is 2. The van der Waals surface area contributed by atoms with Gasteiger partial charge in [0, 0.05) is 11.4 Å². The van der Waals surface area contributed by atoms with Gasteiger partial charge in [-0.15, -0.1) is 0 Å². The predicted octanol–water partition coefficient (Wildman–Crippen LogP) is 4.16. The number of thiazole rings is 1. The summed E-state index contributed by atoms with van der Waals surface area (Å²) in [7, 11) is 0. The number of imidazole rings is 1. The molecular weight excluding hydrogens is 468 g/mol. The first-order valence-corrected chi connectivity index (χ1v) is 11.0. The number of esters is 1. The lowest BCUT2D eigenvalue weighted by molar-refractivity contribution is -0.132. The Kier molecular flexibility index (Phi) is 5.38. The van der Waals surface area contributed by atoms with Gasteiger partial charge >= 0.3 is 5.97 Å². The molecule has 0 aliphatic carbocycles. The van der Waals surface area contributed by atoms with Crippen LogP contribution in [0, 0.1) is 13.8 Å². The highest BCUT2D eigenvalue weighted by Crippen LogP contribution is 2.31. The van der Waals surface area contributed by atoms with Crippen LogP contribution in [-0.2, 0) is 4.79 Å². The molecule has 154 valence electrons. The molecule has 0 radical (unpaired) electrons. The van der Waals surface area contributed by atoms with Gasteiger partial charge in [-0.05, 0) is 77.7 Å². The maximum atomic E-state index is 13.1. The molecular formula is C22H19BrN2O4S. The molecule has 2 heterocycles. The van der Waals surface area contributed by atoms with Crippen molar-refractivity contribution in [1.82, 2.24) is 9.38 Å². The molecule has 4 aromatic rings. The fourth-order valence-electron chi connectivity index (χ4n) is 3.25. The summed E-state index contributed by atoms with van der Waals surface area (Å²) in [4.78, 5) is 29.7. The highest BCUT2D eigenvalue weighted by atomic mass is 79.9. The van der Waals surface area contributed by atoms with Crippen LogP contribution in [0.5, 0.6) is 11.5 Å². The van der Waals surface area contributed by atoms with Crippen LogP contribution < -0.4 is 19.6 Å². The smallest absolute Gasteiger partial charge is 0.308 e. The van der Waals surface area contributed by atoms with Gasteiger partial charge in [-0.3, -0.25) is 9.59 Å². The normalized spacial score (nSPS) is 12.1. The number of benzene rings is 2. The number of halogens is 1. The van der Waals surface area contributed by atoms with E-state index in [1.807, 2.05) is 26.8 Å². The van der Waals surface area contributed by atoms with E-state index in [-0.39, 0.29) is 5.56 Å². The molecule has 0 unspecified atom stereocenters. The van der Waals surface area contributed by atoms with E-state index < -0.39 is 5.97 Å². The first-order chi connectivity index (χ1) is 14.3. The van der Waals surface area contributed by atoms with Gasteiger partial charge in [0.2, 0.25) is 0 Å². The van der Waals surface area contributed by atoms with Gasteiger partial charge in [-0.1, -0.05) is 17.4 Å². The Labute approximate surface area is 184 Å². The van der Waals surface area contributed by atoms with Gasteiger partial charge in [-0.2, -0.15) is 0 Å². The van der Waals surface area contributed by atoms with Crippen molar-refractivity contribution in [3.05, 3.63) is 60.3 Å². The summed E-state index contributed by atoms with van der Waals surface area (Å²) in [5.41, 5.74) is 4.44. The van der Waals surface area contributed by atoms with Crippen LogP contribution in [0.15, 0.2) is 33.5 Å². The van der Waals surface area contributed by atoms with E-state index in [1.54, 1.807) is 28.7 Å². The molecule has 0 N–H and O–H groups in total. The molecule has 8 heteroatoms. The molecule has 0 saturated carbocycles. The first kappa shape index (κ1) is 20.6. The van der Waals surface area contributed by atoms with Gasteiger partial charge in [0.05, 0.1) is 16.7 Å². The minimum atomic E-state index is -0.419. The van der Waals surface area contributed by atoms with Crippen molar-refractivity contribution in [2.24, 2.45) is 0 Å². The van der Waals surface area contributed by atoms with E-state index in [1.165, 1.54) is 18.3 Å². The van der Waals surface area contributed by atoms with E-state index in [2.05, 4.69) is 20.9 Å². The van der Waals surface area contributed by atoms with E-state index in [9.17, 15) is 9.59 Å². The number of hydrogen-bond acceptors (Lipinski definition) is 6. The Morgan fingerprint density at radius 2 is 2.03 bits per heavy atom.